The molecule has 4 heteroatoms. The van der Waals surface area contributed by atoms with Crippen molar-refractivity contribution in [1.29, 1.82) is 0 Å². The molecule has 0 saturated carbocycles. The third kappa shape index (κ3) is 9.64. The molecule has 1 aliphatic rings. The molecule has 0 atom stereocenters. The van der Waals surface area contributed by atoms with Crippen LogP contribution in [0, 0.1) is 5.41 Å². The second-order valence-corrected chi connectivity index (χ2v) is 15.6. The Labute approximate surface area is 180 Å². The summed E-state index contributed by atoms with van der Waals surface area (Å²) in [5.74, 6) is 0. The summed E-state index contributed by atoms with van der Waals surface area (Å²) in [5.41, 5.74) is 4.61. The molecule has 0 bridgehead atoms. The molecule has 0 unspecified atom stereocenters. The normalized spacial score (nSPS) is 16.1. The zero-order valence-corrected chi connectivity index (χ0v) is 23.7. The van der Waals surface area contributed by atoms with Crippen LogP contribution in [0.1, 0.15) is 76.2 Å². The number of halogens is 1. The predicted molar refractivity (Wildman–Crippen MR) is 128 cm³/mol. The molecule has 1 rings (SSSR count). The average molecular weight is 508 g/mol. The van der Waals surface area contributed by atoms with Crippen LogP contribution in [-0.4, -0.2) is 37.0 Å². The second kappa shape index (κ2) is 16.1. The van der Waals surface area contributed by atoms with E-state index in [1.165, 1.54) is 57.9 Å². The summed E-state index contributed by atoms with van der Waals surface area (Å²) in [6.07, 6.45) is 8.51. The second-order valence-electron chi connectivity index (χ2n) is 7.11. The first-order chi connectivity index (χ1) is 12.1. The van der Waals surface area contributed by atoms with E-state index in [4.69, 9.17) is 9.69 Å². The third-order valence-electron chi connectivity index (χ3n) is 5.67. The van der Waals surface area contributed by atoms with Crippen molar-refractivity contribution in [3.8, 4) is 0 Å². The van der Waals surface area contributed by atoms with Crippen molar-refractivity contribution in [2.75, 3.05) is 37.0 Å². The first kappa shape index (κ1) is 29.5. The Morgan fingerprint density at radius 2 is 1.00 bits per heavy atom. The van der Waals surface area contributed by atoms with Crippen LogP contribution in [0.2, 0.25) is 0 Å². The first-order valence-electron chi connectivity index (χ1n) is 10.2. The summed E-state index contributed by atoms with van der Waals surface area (Å²) in [4.78, 5) is 0. The summed E-state index contributed by atoms with van der Waals surface area (Å²) < 4.78 is 1.48. The molecule has 0 aromatic heterocycles. The van der Waals surface area contributed by atoms with Crippen molar-refractivity contribution in [2.24, 2.45) is 5.41 Å². The molecule has 0 N–H and O–H groups in total. The maximum atomic E-state index is 6.02. The van der Waals surface area contributed by atoms with E-state index in [1.54, 1.807) is 0 Å². The molecule has 1 aliphatic carbocycles. The van der Waals surface area contributed by atoms with Crippen LogP contribution in [0.25, 0.3) is 0 Å². The molecular weight excluding hydrogens is 463 g/mol. The fourth-order valence-corrected chi connectivity index (χ4v) is 8.59. The van der Waals surface area contributed by atoms with E-state index in [1.807, 2.05) is 0 Å². The molecule has 0 aromatic carbocycles. The van der Waals surface area contributed by atoms with Gasteiger partial charge in [0, 0.05) is 0 Å². The van der Waals surface area contributed by atoms with Gasteiger partial charge in [-0.05, 0) is 37.0 Å². The van der Waals surface area contributed by atoms with Gasteiger partial charge in [-0.2, -0.15) is 0 Å². The first-order valence-corrected chi connectivity index (χ1v) is 17.1. The molecule has 0 fully saturated rings. The van der Waals surface area contributed by atoms with Gasteiger partial charge in [0.2, 0.25) is 0 Å². The smallest absolute Gasteiger partial charge is 0.0355 e. The van der Waals surface area contributed by atoms with Crippen molar-refractivity contribution in [3.05, 3.63) is 20.9 Å². The maximum absolute atomic E-state index is 6.02. The quantitative estimate of drug-likeness (QED) is 0.238. The molecule has 0 aliphatic heterocycles. The van der Waals surface area contributed by atoms with E-state index in [2.05, 4.69) is 76.2 Å². The molecular formula is C22H45ClP2Ru. The Balaban J connectivity index is 0. The minimum Gasteiger partial charge on any atom is -0.108 e. The molecule has 0 amide bonds. The maximum Gasteiger partial charge on any atom is -0.0355 e. The van der Waals surface area contributed by atoms with Gasteiger partial charge in [-0.1, -0.05) is 41.5 Å². The van der Waals surface area contributed by atoms with Crippen molar-refractivity contribution in [2.45, 2.75) is 76.2 Å². The average Bonchev–Trinajstić information content (AvgIpc) is 2.78. The van der Waals surface area contributed by atoms with Crippen LogP contribution in [0.15, 0.2) is 20.9 Å². The van der Waals surface area contributed by atoms with Gasteiger partial charge in [0.05, 0.1) is 0 Å². The van der Waals surface area contributed by atoms with Crippen LogP contribution < -0.4 is 0 Å². The third-order valence-corrected chi connectivity index (χ3v) is 13.9. The van der Waals surface area contributed by atoms with Gasteiger partial charge in [0.15, 0.2) is 0 Å². The van der Waals surface area contributed by atoms with E-state index in [9.17, 15) is 0 Å². The Morgan fingerprint density at radius 3 is 1.08 bits per heavy atom. The van der Waals surface area contributed by atoms with Gasteiger partial charge < -0.3 is 0 Å². The van der Waals surface area contributed by atoms with Gasteiger partial charge in [0.1, 0.15) is 0 Å². The van der Waals surface area contributed by atoms with E-state index in [0.29, 0.717) is 15.8 Å². The zero-order chi connectivity index (χ0) is 20.9. The van der Waals surface area contributed by atoms with Crippen LogP contribution in [-0.2, 0) is 16.1 Å². The zero-order valence-electron chi connectivity index (χ0n) is 19.4. The number of hydrogen-bond acceptors (Lipinski definition) is 0. The van der Waals surface area contributed by atoms with Crippen LogP contribution in [0.3, 0.4) is 0 Å². The Morgan fingerprint density at radius 1 is 0.692 bits per heavy atom. The van der Waals surface area contributed by atoms with Gasteiger partial charge in [-0.25, -0.2) is 0 Å². The monoisotopic (exact) mass is 508 g/mol. The van der Waals surface area contributed by atoms with Crippen LogP contribution >= 0.6 is 25.5 Å². The SMILES string of the molecule is CC1=C(C)C(C)(C)[C]([Ru][Cl])=C1C.CCP(CC)CC.CCP(CC)CC. The molecule has 0 nitrogen and oxygen atoms in total. The standard InChI is InChI=1S/C10H15.2C6H15P.ClH.Ru/c1-7-6-10(4,5)9(3)8(7)2;2*1-4-7(5-2)6-3;;/h1-5H3;2*4-6H2,1-3H3;1H;/q;;;;+1/p-1. The summed E-state index contributed by atoms with van der Waals surface area (Å²) in [7, 11) is 6.92. The minimum atomic E-state index is -0.101. The molecule has 0 saturated heterocycles. The van der Waals surface area contributed by atoms with E-state index in [-0.39, 0.29) is 21.6 Å². The van der Waals surface area contributed by atoms with Crippen LogP contribution in [0.4, 0.5) is 0 Å². The van der Waals surface area contributed by atoms with Crippen molar-refractivity contribution < 1.29 is 16.1 Å². The number of allylic oxidation sites excluding steroid dienone is 4. The molecule has 158 valence electrons. The fourth-order valence-electron chi connectivity index (χ4n) is 3.01. The van der Waals surface area contributed by atoms with Gasteiger partial charge in [-0.3, -0.25) is 0 Å². The van der Waals surface area contributed by atoms with Gasteiger partial charge in [-0.15, -0.1) is 15.8 Å². The Kier molecular flexibility index (Phi) is 18.2. The number of hydrogen-bond donors (Lipinski definition) is 0. The summed E-state index contributed by atoms with van der Waals surface area (Å²) in [5, 5.41) is 0. The largest absolute Gasteiger partial charge is 0.108 e. The number of rotatable bonds is 7. The van der Waals surface area contributed by atoms with Crippen molar-refractivity contribution in [3.63, 3.8) is 0 Å². The molecule has 26 heavy (non-hydrogen) atoms. The Hall–Kier alpha value is 1.25. The van der Waals surface area contributed by atoms with Gasteiger partial charge in [0.25, 0.3) is 0 Å². The van der Waals surface area contributed by atoms with E-state index < -0.39 is 0 Å². The van der Waals surface area contributed by atoms with Crippen molar-refractivity contribution in [1.82, 2.24) is 0 Å². The Bertz CT molecular complexity index is 410. The fraction of sp³-hybridized carbons (Fsp3) is 0.818. The topological polar surface area (TPSA) is 0 Å². The summed E-state index contributed by atoms with van der Waals surface area (Å²) in [6.45, 7) is 24.9. The summed E-state index contributed by atoms with van der Waals surface area (Å²) in [6, 6.07) is 0. The minimum absolute atomic E-state index is 0.101. The molecule has 0 spiro atoms. The summed E-state index contributed by atoms with van der Waals surface area (Å²) >= 11 is -0.101. The molecule has 0 radical (unpaired) electrons. The molecule has 0 aromatic rings. The van der Waals surface area contributed by atoms with Crippen molar-refractivity contribution >= 4 is 25.5 Å². The van der Waals surface area contributed by atoms with Crippen LogP contribution in [0.5, 0.6) is 0 Å². The van der Waals surface area contributed by atoms with E-state index >= 15 is 0 Å². The predicted octanol–water partition coefficient (Wildman–Crippen LogP) is 8.93. The van der Waals surface area contributed by atoms with Gasteiger partial charge >= 0.3 is 86.7 Å². The molecule has 0 heterocycles. The van der Waals surface area contributed by atoms with E-state index in [0.717, 1.165) is 0 Å².